The first kappa shape index (κ1) is 25.7. The highest BCUT2D eigenvalue weighted by Gasteiger charge is 2.26. The summed E-state index contributed by atoms with van der Waals surface area (Å²) >= 11 is 0. The van der Waals surface area contributed by atoms with Crippen LogP contribution in [0, 0.1) is 0 Å². The number of carboxylic acids is 1. The molecule has 12 heteroatoms. The molecule has 36 heavy (non-hydrogen) atoms. The number of carbonyl (C=O) groups excluding carboxylic acids is 3. The third-order valence-electron chi connectivity index (χ3n) is 4.65. The molecule has 0 saturated carbocycles. The minimum atomic E-state index is -1.43. The van der Waals surface area contributed by atoms with E-state index in [4.69, 9.17) is 23.4 Å². The molecule has 1 atom stereocenters. The lowest BCUT2D eigenvalue weighted by Crippen LogP contribution is -2.36. The topological polar surface area (TPSA) is 168 Å². The van der Waals surface area contributed by atoms with Crippen molar-refractivity contribution in [2.75, 3.05) is 13.2 Å². The van der Waals surface area contributed by atoms with Gasteiger partial charge < -0.3 is 33.8 Å². The third-order valence-corrected chi connectivity index (χ3v) is 4.65. The van der Waals surface area contributed by atoms with E-state index in [1.807, 2.05) is 0 Å². The molecule has 2 aromatic carbocycles. The molecule has 0 saturated heterocycles. The summed E-state index contributed by atoms with van der Waals surface area (Å²) in [5.74, 6) is -3.05. The van der Waals surface area contributed by atoms with Crippen LogP contribution in [0.1, 0.15) is 35.8 Å². The summed E-state index contributed by atoms with van der Waals surface area (Å²) in [7, 11) is 0. The average molecular weight is 499 g/mol. The van der Waals surface area contributed by atoms with Gasteiger partial charge in [-0.1, -0.05) is 30.3 Å². The van der Waals surface area contributed by atoms with E-state index in [1.165, 1.54) is 19.1 Å². The zero-order valence-corrected chi connectivity index (χ0v) is 19.1. The first-order valence-corrected chi connectivity index (χ1v) is 10.6. The van der Waals surface area contributed by atoms with Gasteiger partial charge in [-0.05, 0) is 25.5 Å². The van der Waals surface area contributed by atoms with Crippen LogP contribution in [0.2, 0.25) is 0 Å². The Morgan fingerprint density at radius 2 is 1.53 bits per heavy atom. The van der Waals surface area contributed by atoms with Gasteiger partial charge >= 0.3 is 18.3 Å². The second-order valence-electron chi connectivity index (χ2n) is 7.00. The number of carboxylic acid groups (broad SMARTS) is 1. The van der Waals surface area contributed by atoms with Crippen molar-refractivity contribution < 1.29 is 47.6 Å². The smallest absolute Gasteiger partial charge is 0.479 e. The Morgan fingerprint density at radius 1 is 0.944 bits per heavy atom. The van der Waals surface area contributed by atoms with Crippen LogP contribution in [0.5, 0.6) is 11.5 Å². The highest BCUT2D eigenvalue weighted by molar-refractivity contribution is 5.99. The minimum Gasteiger partial charge on any atom is -0.479 e. The number of hydrogen-bond donors (Lipinski definition) is 2. The molecule has 1 amide bonds. The highest BCUT2D eigenvalue weighted by atomic mass is 16.7. The second-order valence-corrected chi connectivity index (χ2v) is 7.00. The zero-order valence-electron chi connectivity index (χ0n) is 19.1. The first-order chi connectivity index (χ1) is 17.2. The van der Waals surface area contributed by atoms with Crippen LogP contribution in [0.15, 0.2) is 57.9 Å². The van der Waals surface area contributed by atoms with Crippen LogP contribution in [0.25, 0.3) is 11.0 Å². The number of aliphatic carboxylic acids is 1. The summed E-state index contributed by atoms with van der Waals surface area (Å²) in [5.41, 5.74) is -1.20. The Bertz CT molecular complexity index is 1350. The summed E-state index contributed by atoms with van der Waals surface area (Å²) in [6, 6.07) is 8.57. The summed E-state index contributed by atoms with van der Waals surface area (Å²) < 4.78 is 24.8. The van der Waals surface area contributed by atoms with Gasteiger partial charge in [0.15, 0.2) is 17.5 Å². The maximum absolute atomic E-state index is 13.1. The summed E-state index contributed by atoms with van der Waals surface area (Å²) in [6.45, 7) is 3.08. The molecule has 0 aliphatic rings. The normalized spacial score (nSPS) is 11.3. The van der Waals surface area contributed by atoms with E-state index >= 15 is 0 Å². The van der Waals surface area contributed by atoms with Crippen molar-refractivity contribution in [3.8, 4) is 11.5 Å². The Kier molecular flexibility index (Phi) is 8.23. The molecule has 12 nitrogen and oxygen atoms in total. The lowest BCUT2D eigenvalue weighted by Gasteiger charge is -2.15. The molecule has 0 aliphatic heterocycles. The largest absolute Gasteiger partial charge is 0.513 e. The number of ether oxygens (including phenoxy) is 4. The zero-order chi connectivity index (χ0) is 26.2. The van der Waals surface area contributed by atoms with E-state index in [0.29, 0.717) is 0 Å². The number of nitrogens with one attached hydrogen (secondary N) is 1. The monoisotopic (exact) mass is 499 g/mol. The second kappa shape index (κ2) is 11.5. The molecule has 0 fully saturated rings. The molecule has 0 radical (unpaired) electrons. The predicted octanol–water partition coefficient (Wildman–Crippen LogP) is 3.42. The Morgan fingerprint density at radius 3 is 2.08 bits per heavy atom. The molecule has 1 unspecified atom stereocenters. The fourth-order valence-electron chi connectivity index (χ4n) is 3.07. The number of carbonyl (C=O) groups is 4. The van der Waals surface area contributed by atoms with E-state index in [0.717, 1.165) is 18.4 Å². The van der Waals surface area contributed by atoms with E-state index in [2.05, 4.69) is 5.32 Å². The van der Waals surface area contributed by atoms with Gasteiger partial charge in [0.1, 0.15) is 17.4 Å². The highest BCUT2D eigenvalue weighted by Crippen LogP contribution is 2.32. The van der Waals surface area contributed by atoms with Gasteiger partial charge in [-0.25, -0.2) is 14.4 Å². The average Bonchev–Trinajstić information content (AvgIpc) is 2.84. The predicted molar refractivity (Wildman–Crippen MR) is 122 cm³/mol. The lowest BCUT2D eigenvalue weighted by atomic mass is 10.1. The van der Waals surface area contributed by atoms with Crippen molar-refractivity contribution in [2.24, 2.45) is 0 Å². The van der Waals surface area contributed by atoms with Gasteiger partial charge in [0, 0.05) is 6.07 Å². The number of fused-ring (bicyclic) bond motifs is 1. The van der Waals surface area contributed by atoms with Crippen molar-refractivity contribution in [1.29, 1.82) is 0 Å². The van der Waals surface area contributed by atoms with Gasteiger partial charge in [0.2, 0.25) is 5.43 Å². The molecule has 3 aromatic rings. The molecule has 0 spiro atoms. The molecule has 1 heterocycles. The maximum atomic E-state index is 13.1. The molecular formula is C24H21NO11. The van der Waals surface area contributed by atoms with Crippen molar-refractivity contribution in [1.82, 2.24) is 5.32 Å². The van der Waals surface area contributed by atoms with Crippen molar-refractivity contribution in [3.63, 3.8) is 0 Å². The van der Waals surface area contributed by atoms with Crippen LogP contribution in [0.4, 0.5) is 9.59 Å². The fraction of sp³-hybridized carbons (Fsp3) is 0.208. The molecule has 1 aromatic heterocycles. The summed E-state index contributed by atoms with van der Waals surface area (Å²) in [4.78, 5) is 61.2. The number of amides is 1. The molecule has 2 N–H and O–H groups in total. The van der Waals surface area contributed by atoms with Crippen LogP contribution >= 0.6 is 0 Å². The van der Waals surface area contributed by atoms with Gasteiger partial charge in [-0.3, -0.25) is 9.59 Å². The summed E-state index contributed by atoms with van der Waals surface area (Å²) in [6.07, 6.45) is -1.41. The third kappa shape index (κ3) is 5.97. The van der Waals surface area contributed by atoms with Crippen LogP contribution < -0.4 is 20.2 Å². The molecule has 188 valence electrons. The van der Waals surface area contributed by atoms with Crippen molar-refractivity contribution in [2.45, 2.75) is 19.9 Å². The number of benzene rings is 2. The Labute approximate surface area is 203 Å². The fourth-order valence-corrected chi connectivity index (χ4v) is 3.07. The van der Waals surface area contributed by atoms with E-state index < -0.39 is 41.2 Å². The van der Waals surface area contributed by atoms with E-state index in [-0.39, 0.29) is 41.2 Å². The minimum absolute atomic E-state index is 0.00829. The number of rotatable bonds is 8. The lowest BCUT2D eigenvalue weighted by molar-refractivity contribution is -0.139. The van der Waals surface area contributed by atoms with Crippen molar-refractivity contribution in [3.05, 3.63) is 70.1 Å². The quantitative estimate of drug-likeness (QED) is 0.344. The Hall–Kier alpha value is -4.87. The van der Waals surface area contributed by atoms with Gasteiger partial charge in [-0.15, -0.1) is 0 Å². The molecule has 0 aliphatic carbocycles. The molecular weight excluding hydrogens is 478 g/mol. The first-order valence-electron chi connectivity index (χ1n) is 10.6. The van der Waals surface area contributed by atoms with Crippen molar-refractivity contribution >= 4 is 35.2 Å². The molecule has 3 rings (SSSR count). The molecule has 0 bridgehead atoms. The van der Waals surface area contributed by atoms with Crippen LogP contribution in [0.3, 0.4) is 0 Å². The number of hydrogen-bond acceptors (Lipinski definition) is 10. The van der Waals surface area contributed by atoms with Gasteiger partial charge in [0.05, 0.1) is 18.6 Å². The van der Waals surface area contributed by atoms with E-state index in [1.54, 1.807) is 25.1 Å². The van der Waals surface area contributed by atoms with Gasteiger partial charge in [0.25, 0.3) is 5.91 Å². The maximum Gasteiger partial charge on any atom is 0.513 e. The standard InChI is InChI=1S/C24H21NO11/c1-3-32-23(30)35-17-10-14-16(11-18(17)36-24(31)33-4-2)34-12-15(20(14)26)21(27)25-19(22(28)29)13-8-6-5-7-9-13/h5-12,19H,3-4H2,1-2H3,(H,25,27)(H,28,29). The SMILES string of the molecule is CCOC(=O)Oc1cc2occ(C(=O)NC(C(=O)O)c3ccccc3)c(=O)c2cc1OC(=O)OCC. The van der Waals surface area contributed by atoms with E-state index in [9.17, 15) is 29.1 Å². The Balaban J connectivity index is 2.01. The van der Waals surface area contributed by atoms with Gasteiger partial charge in [-0.2, -0.15) is 0 Å². The van der Waals surface area contributed by atoms with Crippen LogP contribution in [-0.4, -0.2) is 42.5 Å². The summed E-state index contributed by atoms with van der Waals surface area (Å²) in [5, 5.41) is 11.6. The van der Waals surface area contributed by atoms with Crippen LogP contribution in [-0.2, 0) is 14.3 Å².